The Balaban J connectivity index is 1.56. The molecular formula is C20H26N3O4S+. The summed E-state index contributed by atoms with van der Waals surface area (Å²) in [5.41, 5.74) is 1.68. The van der Waals surface area contributed by atoms with Gasteiger partial charge < -0.3 is 15.0 Å². The minimum atomic E-state index is -3.47. The zero-order valence-corrected chi connectivity index (χ0v) is 17.0. The number of piperazine rings is 1. The molecular weight excluding hydrogens is 378 g/mol. The highest BCUT2D eigenvalue weighted by molar-refractivity contribution is 7.89. The molecule has 1 heterocycles. The maximum Gasteiger partial charge on any atom is 0.279 e. The number of anilines is 1. The predicted octanol–water partition coefficient (Wildman–Crippen LogP) is 0.532. The highest BCUT2D eigenvalue weighted by Crippen LogP contribution is 2.24. The van der Waals surface area contributed by atoms with E-state index in [2.05, 4.69) is 5.32 Å². The molecule has 0 spiro atoms. The van der Waals surface area contributed by atoms with Crippen molar-refractivity contribution in [2.45, 2.75) is 11.8 Å². The Morgan fingerprint density at radius 3 is 2.46 bits per heavy atom. The van der Waals surface area contributed by atoms with Gasteiger partial charge in [-0.15, -0.1) is 0 Å². The van der Waals surface area contributed by atoms with Crippen LogP contribution < -0.4 is 15.0 Å². The van der Waals surface area contributed by atoms with Gasteiger partial charge in [-0.05, 0) is 36.8 Å². The molecule has 1 saturated heterocycles. The SMILES string of the molecule is COc1ccc(C)cc1NC(=O)C[NH+]1CCN(S(=O)(=O)c2ccccc2)CC1. The number of methoxy groups -OCH3 is 1. The molecule has 0 saturated carbocycles. The van der Waals surface area contributed by atoms with Crippen LogP contribution >= 0.6 is 0 Å². The normalized spacial score (nSPS) is 15.9. The molecule has 7 nitrogen and oxygen atoms in total. The maximum absolute atomic E-state index is 12.7. The lowest BCUT2D eigenvalue weighted by atomic mass is 10.2. The number of benzene rings is 2. The maximum atomic E-state index is 12.7. The van der Waals surface area contributed by atoms with Crippen molar-refractivity contribution < 1.29 is 22.8 Å². The first kappa shape index (κ1) is 20.3. The number of hydrogen-bond donors (Lipinski definition) is 2. The van der Waals surface area contributed by atoms with E-state index in [-0.39, 0.29) is 12.5 Å². The molecule has 2 aromatic rings. The van der Waals surface area contributed by atoms with Crippen LogP contribution in [0.25, 0.3) is 0 Å². The van der Waals surface area contributed by atoms with E-state index in [0.29, 0.717) is 42.5 Å². The van der Waals surface area contributed by atoms with Crippen LogP contribution in [0.2, 0.25) is 0 Å². The van der Waals surface area contributed by atoms with Gasteiger partial charge in [0, 0.05) is 0 Å². The fourth-order valence-corrected chi connectivity index (χ4v) is 4.76. The van der Waals surface area contributed by atoms with Gasteiger partial charge in [0.1, 0.15) is 5.75 Å². The van der Waals surface area contributed by atoms with Crippen molar-refractivity contribution in [3.8, 4) is 5.75 Å². The predicted molar refractivity (Wildman–Crippen MR) is 107 cm³/mol. The van der Waals surface area contributed by atoms with Crippen molar-refractivity contribution in [3.05, 3.63) is 54.1 Å². The first-order valence-electron chi connectivity index (χ1n) is 9.23. The summed E-state index contributed by atoms with van der Waals surface area (Å²) in [5.74, 6) is 0.506. The van der Waals surface area contributed by atoms with Gasteiger partial charge in [-0.1, -0.05) is 24.3 Å². The molecule has 150 valence electrons. The van der Waals surface area contributed by atoms with Crippen LogP contribution in [-0.4, -0.2) is 58.5 Å². The minimum absolute atomic E-state index is 0.113. The van der Waals surface area contributed by atoms with Crippen LogP contribution in [0.1, 0.15) is 5.56 Å². The van der Waals surface area contributed by atoms with Crippen molar-refractivity contribution in [1.82, 2.24) is 4.31 Å². The Morgan fingerprint density at radius 2 is 1.82 bits per heavy atom. The smallest absolute Gasteiger partial charge is 0.279 e. The molecule has 3 rings (SSSR count). The van der Waals surface area contributed by atoms with E-state index in [9.17, 15) is 13.2 Å². The summed E-state index contributed by atoms with van der Waals surface area (Å²) in [6.07, 6.45) is 0. The van der Waals surface area contributed by atoms with E-state index < -0.39 is 10.0 Å². The van der Waals surface area contributed by atoms with E-state index in [1.54, 1.807) is 37.4 Å². The molecule has 0 radical (unpaired) electrons. The Morgan fingerprint density at radius 1 is 1.14 bits per heavy atom. The number of rotatable bonds is 6. The summed E-state index contributed by atoms with van der Waals surface area (Å²) in [4.78, 5) is 13.8. The topological polar surface area (TPSA) is 80.2 Å². The van der Waals surface area contributed by atoms with Crippen LogP contribution in [-0.2, 0) is 14.8 Å². The van der Waals surface area contributed by atoms with Crippen LogP contribution in [0.3, 0.4) is 0 Å². The Kier molecular flexibility index (Phi) is 6.33. The number of quaternary nitrogens is 1. The van der Waals surface area contributed by atoms with Crippen LogP contribution in [0, 0.1) is 6.92 Å². The van der Waals surface area contributed by atoms with Gasteiger partial charge in [-0.3, -0.25) is 4.79 Å². The van der Waals surface area contributed by atoms with Crippen molar-refractivity contribution in [2.75, 3.05) is 45.2 Å². The second-order valence-corrected chi connectivity index (χ2v) is 8.83. The molecule has 8 heteroatoms. The van der Waals surface area contributed by atoms with Gasteiger partial charge in [0.25, 0.3) is 5.91 Å². The zero-order chi connectivity index (χ0) is 20.1. The molecule has 0 atom stereocenters. The Bertz CT molecular complexity index is 924. The third-order valence-corrected chi connectivity index (χ3v) is 6.76. The zero-order valence-electron chi connectivity index (χ0n) is 16.1. The number of sulfonamides is 1. The van der Waals surface area contributed by atoms with Gasteiger partial charge in [-0.2, -0.15) is 4.31 Å². The molecule has 0 aromatic heterocycles. The first-order chi connectivity index (χ1) is 13.4. The fraction of sp³-hybridized carbons (Fsp3) is 0.350. The molecule has 2 N–H and O–H groups in total. The van der Waals surface area contributed by atoms with Gasteiger partial charge >= 0.3 is 0 Å². The van der Waals surface area contributed by atoms with Crippen molar-refractivity contribution in [2.24, 2.45) is 0 Å². The second kappa shape index (κ2) is 8.72. The number of carbonyl (C=O) groups excluding carboxylic acids is 1. The molecule has 1 fully saturated rings. The second-order valence-electron chi connectivity index (χ2n) is 6.90. The number of nitrogens with zero attached hydrogens (tertiary/aromatic N) is 1. The Labute approximate surface area is 166 Å². The standard InChI is InChI=1S/C20H25N3O4S/c1-16-8-9-19(27-2)18(14-16)21-20(24)15-22-10-12-23(13-11-22)28(25,26)17-6-4-3-5-7-17/h3-9,14H,10-13,15H2,1-2H3,(H,21,24)/p+1. The fourth-order valence-electron chi connectivity index (χ4n) is 3.30. The van der Waals surface area contributed by atoms with Gasteiger partial charge in [0.05, 0.1) is 43.9 Å². The van der Waals surface area contributed by atoms with Gasteiger partial charge in [0.15, 0.2) is 6.54 Å². The average molecular weight is 405 g/mol. The van der Waals surface area contributed by atoms with Gasteiger partial charge in [0.2, 0.25) is 10.0 Å². The summed E-state index contributed by atoms with van der Waals surface area (Å²) in [6.45, 7) is 4.21. The third kappa shape index (κ3) is 4.70. The van der Waals surface area contributed by atoms with Crippen molar-refractivity contribution in [1.29, 1.82) is 0 Å². The van der Waals surface area contributed by atoms with Crippen LogP contribution in [0.4, 0.5) is 5.69 Å². The quantitative estimate of drug-likeness (QED) is 0.736. The molecule has 1 amide bonds. The lowest BCUT2D eigenvalue weighted by Gasteiger charge is -2.31. The summed E-state index contributed by atoms with van der Waals surface area (Å²) in [7, 11) is -1.91. The number of hydrogen-bond acceptors (Lipinski definition) is 4. The average Bonchev–Trinajstić information content (AvgIpc) is 2.69. The highest BCUT2D eigenvalue weighted by Gasteiger charge is 2.31. The molecule has 0 bridgehead atoms. The van der Waals surface area contributed by atoms with E-state index >= 15 is 0 Å². The van der Waals surface area contributed by atoms with E-state index in [0.717, 1.165) is 10.5 Å². The van der Waals surface area contributed by atoms with E-state index in [1.807, 2.05) is 25.1 Å². The summed E-state index contributed by atoms with van der Waals surface area (Å²) in [6, 6.07) is 14.1. The number of nitrogens with one attached hydrogen (secondary N) is 2. The lowest BCUT2D eigenvalue weighted by Crippen LogP contribution is -3.15. The lowest BCUT2D eigenvalue weighted by molar-refractivity contribution is -0.895. The number of amides is 1. The minimum Gasteiger partial charge on any atom is -0.495 e. The summed E-state index contributed by atoms with van der Waals surface area (Å²) in [5, 5.41) is 2.90. The number of aryl methyl sites for hydroxylation is 1. The van der Waals surface area contributed by atoms with Crippen molar-refractivity contribution >= 4 is 21.6 Å². The third-order valence-electron chi connectivity index (χ3n) is 4.85. The molecule has 28 heavy (non-hydrogen) atoms. The highest BCUT2D eigenvalue weighted by atomic mass is 32.2. The van der Waals surface area contributed by atoms with E-state index in [1.165, 1.54) is 4.31 Å². The van der Waals surface area contributed by atoms with Crippen LogP contribution in [0.15, 0.2) is 53.4 Å². The van der Waals surface area contributed by atoms with Crippen LogP contribution in [0.5, 0.6) is 5.75 Å². The first-order valence-corrected chi connectivity index (χ1v) is 10.7. The van der Waals surface area contributed by atoms with Crippen molar-refractivity contribution in [3.63, 3.8) is 0 Å². The summed E-state index contributed by atoms with van der Waals surface area (Å²) < 4.78 is 32.1. The molecule has 2 aromatic carbocycles. The Hall–Kier alpha value is -2.42. The monoisotopic (exact) mass is 404 g/mol. The largest absolute Gasteiger partial charge is 0.495 e. The molecule has 1 aliphatic heterocycles. The number of carbonyl (C=O) groups is 1. The van der Waals surface area contributed by atoms with E-state index in [4.69, 9.17) is 4.74 Å². The molecule has 1 aliphatic rings. The molecule has 0 unspecified atom stereocenters. The summed E-state index contributed by atoms with van der Waals surface area (Å²) >= 11 is 0. The van der Waals surface area contributed by atoms with Gasteiger partial charge in [-0.25, -0.2) is 8.42 Å². The number of ether oxygens (including phenoxy) is 1. The molecule has 0 aliphatic carbocycles.